The second-order valence-electron chi connectivity index (χ2n) is 5.34. The number of hydrogen-bond acceptors (Lipinski definition) is 4. The summed E-state index contributed by atoms with van der Waals surface area (Å²) in [6, 6.07) is 0.807. The van der Waals surface area contributed by atoms with E-state index in [4.69, 9.17) is 4.74 Å². The van der Waals surface area contributed by atoms with Gasteiger partial charge in [0.15, 0.2) is 0 Å². The first-order chi connectivity index (χ1) is 7.95. The van der Waals surface area contributed by atoms with Gasteiger partial charge in [-0.05, 0) is 33.6 Å². The number of nitrogens with zero attached hydrogens (tertiary/aromatic N) is 1. The molecule has 1 aliphatic heterocycles. The highest BCUT2D eigenvalue weighted by Crippen LogP contribution is 2.25. The number of methoxy groups -OCH3 is 1. The smallest absolute Gasteiger partial charge is 0.327 e. The number of nitrogens with one attached hydrogen (secondary N) is 1. The first kappa shape index (κ1) is 14.5. The molecule has 0 spiro atoms. The molecule has 0 radical (unpaired) electrons. The highest BCUT2D eigenvalue weighted by molar-refractivity contribution is 5.81. The van der Waals surface area contributed by atoms with Gasteiger partial charge in [-0.25, -0.2) is 0 Å². The van der Waals surface area contributed by atoms with Crippen LogP contribution in [-0.2, 0) is 9.53 Å². The molecule has 4 nitrogen and oxygen atoms in total. The topological polar surface area (TPSA) is 41.6 Å². The lowest BCUT2D eigenvalue weighted by atomic mass is 9.97. The summed E-state index contributed by atoms with van der Waals surface area (Å²) in [5.74, 6) is -0.124. The zero-order valence-corrected chi connectivity index (χ0v) is 11.7. The number of carbonyl (C=O) groups excluding carboxylic acids is 1. The van der Waals surface area contributed by atoms with Crippen molar-refractivity contribution in [3.63, 3.8) is 0 Å². The molecule has 1 aliphatic rings. The van der Waals surface area contributed by atoms with Crippen molar-refractivity contribution in [1.82, 2.24) is 10.2 Å². The van der Waals surface area contributed by atoms with Crippen LogP contribution in [0, 0.1) is 0 Å². The van der Waals surface area contributed by atoms with E-state index in [2.05, 4.69) is 37.9 Å². The second kappa shape index (κ2) is 5.83. The third-order valence-corrected chi connectivity index (χ3v) is 3.74. The zero-order valence-electron chi connectivity index (χ0n) is 11.7. The van der Waals surface area contributed by atoms with E-state index < -0.39 is 5.54 Å². The van der Waals surface area contributed by atoms with E-state index in [0.29, 0.717) is 12.1 Å². The number of hydrogen-bond donors (Lipinski definition) is 1. The summed E-state index contributed by atoms with van der Waals surface area (Å²) >= 11 is 0. The van der Waals surface area contributed by atoms with Crippen LogP contribution in [0.3, 0.4) is 0 Å². The fourth-order valence-corrected chi connectivity index (χ4v) is 2.39. The molecule has 1 N–H and O–H groups in total. The monoisotopic (exact) mass is 242 g/mol. The Morgan fingerprint density at radius 3 is 2.53 bits per heavy atom. The van der Waals surface area contributed by atoms with Crippen LogP contribution in [0.2, 0.25) is 0 Å². The Hall–Kier alpha value is -0.610. The molecule has 4 heteroatoms. The maximum atomic E-state index is 12.0. The number of ether oxygens (including phenoxy) is 1. The second-order valence-corrected chi connectivity index (χ2v) is 5.34. The van der Waals surface area contributed by atoms with Crippen molar-refractivity contribution in [2.75, 3.05) is 20.2 Å². The molecule has 2 atom stereocenters. The van der Waals surface area contributed by atoms with Gasteiger partial charge in [0.05, 0.1) is 7.11 Å². The van der Waals surface area contributed by atoms with Gasteiger partial charge in [0.1, 0.15) is 5.54 Å². The van der Waals surface area contributed by atoms with Crippen LogP contribution in [0.4, 0.5) is 0 Å². The van der Waals surface area contributed by atoms with Crippen LogP contribution >= 0.6 is 0 Å². The molecule has 0 aromatic carbocycles. The van der Waals surface area contributed by atoms with Gasteiger partial charge in [0.2, 0.25) is 0 Å². The molecule has 0 aromatic rings. The zero-order chi connectivity index (χ0) is 13.1. The van der Waals surface area contributed by atoms with Gasteiger partial charge < -0.3 is 4.74 Å². The average molecular weight is 242 g/mol. The van der Waals surface area contributed by atoms with Crippen molar-refractivity contribution in [2.45, 2.75) is 58.2 Å². The van der Waals surface area contributed by atoms with Crippen molar-refractivity contribution in [2.24, 2.45) is 0 Å². The molecule has 17 heavy (non-hydrogen) atoms. The number of carbonyl (C=O) groups is 1. The van der Waals surface area contributed by atoms with Crippen LogP contribution in [0.25, 0.3) is 0 Å². The van der Waals surface area contributed by atoms with E-state index in [9.17, 15) is 4.79 Å². The lowest BCUT2D eigenvalue weighted by Crippen LogP contribution is -2.57. The first-order valence-corrected chi connectivity index (χ1v) is 6.55. The molecule has 1 rings (SSSR count). The highest BCUT2D eigenvalue weighted by Gasteiger charge is 2.46. The SMILES string of the molecule is CCC(C)NC1(C(=O)OC)CCN(C(C)C)C1. The van der Waals surface area contributed by atoms with Crippen LogP contribution in [0.1, 0.15) is 40.5 Å². The van der Waals surface area contributed by atoms with Gasteiger partial charge in [0.25, 0.3) is 0 Å². The van der Waals surface area contributed by atoms with Gasteiger partial charge in [-0.3, -0.25) is 15.0 Å². The fraction of sp³-hybridized carbons (Fsp3) is 0.923. The molecule has 100 valence electrons. The number of esters is 1. The Bertz CT molecular complexity index is 268. The van der Waals surface area contributed by atoms with Gasteiger partial charge >= 0.3 is 5.97 Å². The Kier molecular flexibility index (Phi) is 4.95. The maximum absolute atomic E-state index is 12.0. The summed E-state index contributed by atoms with van der Waals surface area (Å²) in [4.78, 5) is 14.4. The molecule has 0 saturated carbocycles. The lowest BCUT2D eigenvalue weighted by molar-refractivity contribution is -0.148. The Morgan fingerprint density at radius 2 is 2.12 bits per heavy atom. The molecule has 1 heterocycles. The quantitative estimate of drug-likeness (QED) is 0.740. The lowest BCUT2D eigenvalue weighted by Gasteiger charge is -2.31. The minimum atomic E-state index is -0.506. The normalized spacial score (nSPS) is 27.4. The van der Waals surface area contributed by atoms with E-state index in [1.165, 1.54) is 7.11 Å². The van der Waals surface area contributed by atoms with Crippen LogP contribution < -0.4 is 5.32 Å². The van der Waals surface area contributed by atoms with Crippen LogP contribution in [0.15, 0.2) is 0 Å². The Labute approximate surface area is 105 Å². The van der Waals surface area contributed by atoms with Gasteiger partial charge in [-0.1, -0.05) is 6.92 Å². The first-order valence-electron chi connectivity index (χ1n) is 6.55. The summed E-state index contributed by atoms with van der Waals surface area (Å²) < 4.78 is 4.98. The highest BCUT2D eigenvalue weighted by atomic mass is 16.5. The summed E-state index contributed by atoms with van der Waals surface area (Å²) in [6.45, 7) is 10.3. The van der Waals surface area contributed by atoms with Gasteiger partial charge in [-0.2, -0.15) is 0 Å². The minimum absolute atomic E-state index is 0.124. The van der Waals surface area contributed by atoms with Crippen molar-refractivity contribution < 1.29 is 9.53 Å². The number of likely N-dealkylation sites (tertiary alicyclic amines) is 1. The van der Waals surface area contributed by atoms with Crippen LogP contribution in [-0.4, -0.2) is 48.7 Å². The maximum Gasteiger partial charge on any atom is 0.327 e. The standard InChI is InChI=1S/C13H26N2O2/c1-6-11(4)14-13(12(16)17-5)7-8-15(9-13)10(2)3/h10-11,14H,6-9H2,1-5H3. The van der Waals surface area contributed by atoms with E-state index in [0.717, 1.165) is 25.9 Å². The van der Waals surface area contributed by atoms with E-state index in [1.54, 1.807) is 0 Å². The predicted octanol–water partition coefficient (Wildman–Crippen LogP) is 1.40. The predicted molar refractivity (Wildman–Crippen MR) is 69.0 cm³/mol. The van der Waals surface area contributed by atoms with E-state index in [-0.39, 0.29) is 5.97 Å². The summed E-state index contributed by atoms with van der Waals surface area (Å²) in [6.07, 6.45) is 1.85. The molecule has 0 aromatic heterocycles. The molecule has 2 unspecified atom stereocenters. The van der Waals surface area contributed by atoms with E-state index in [1.807, 2.05) is 0 Å². The average Bonchev–Trinajstić information content (AvgIpc) is 2.73. The van der Waals surface area contributed by atoms with E-state index >= 15 is 0 Å². The van der Waals surface area contributed by atoms with Gasteiger partial charge in [-0.15, -0.1) is 0 Å². The molecular weight excluding hydrogens is 216 g/mol. The number of rotatable bonds is 5. The largest absolute Gasteiger partial charge is 0.468 e. The molecule has 0 amide bonds. The Morgan fingerprint density at radius 1 is 1.47 bits per heavy atom. The Balaban J connectivity index is 2.79. The third kappa shape index (κ3) is 3.19. The summed E-state index contributed by atoms with van der Waals surface area (Å²) in [5, 5.41) is 3.46. The third-order valence-electron chi connectivity index (χ3n) is 3.74. The van der Waals surface area contributed by atoms with Crippen molar-refractivity contribution >= 4 is 5.97 Å². The van der Waals surface area contributed by atoms with Crippen molar-refractivity contribution in [3.05, 3.63) is 0 Å². The fourth-order valence-electron chi connectivity index (χ4n) is 2.39. The molecule has 1 fully saturated rings. The summed E-state index contributed by atoms with van der Waals surface area (Å²) in [5.41, 5.74) is -0.506. The van der Waals surface area contributed by atoms with Crippen molar-refractivity contribution in [3.8, 4) is 0 Å². The van der Waals surface area contributed by atoms with Crippen LogP contribution in [0.5, 0.6) is 0 Å². The summed E-state index contributed by atoms with van der Waals surface area (Å²) in [7, 11) is 1.47. The minimum Gasteiger partial charge on any atom is -0.468 e. The molecule has 0 bridgehead atoms. The molecular formula is C13H26N2O2. The molecule has 1 saturated heterocycles. The molecule has 0 aliphatic carbocycles. The van der Waals surface area contributed by atoms with Gasteiger partial charge in [0, 0.05) is 25.2 Å². The van der Waals surface area contributed by atoms with Crippen molar-refractivity contribution in [1.29, 1.82) is 0 Å².